The van der Waals surface area contributed by atoms with E-state index in [1.54, 1.807) is 7.05 Å². The Morgan fingerprint density at radius 1 is 1.07 bits per heavy atom. The minimum Gasteiger partial charge on any atom is -0.358 e. The third kappa shape index (κ3) is 1.58. The van der Waals surface area contributed by atoms with Crippen molar-refractivity contribution in [3.05, 3.63) is 26.9 Å². The lowest BCUT2D eigenvalue weighted by Crippen LogP contribution is -2.39. The summed E-state index contributed by atoms with van der Waals surface area (Å²) in [7, 11) is 3.20. The van der Waals surface area contributed by atoms with E-state index >= 15 is 0 Å². The van der Waals surface area contributed by atoms with Crippen molar-refractivity contribution in [2.45, 2.75) is 12.8 Å². The summed E-state index contributed by atoms with van der Waals surface area (Å²) in [5.41, 5.74) is -0.496. The molecule has 0 aromatic carbocycles. The third-order valence-corrected chi connectivity index (χ3v) is 2.93. The molecule has 2 heterocycles. The second-order valence-corrected chi connectivity index (χ2v) is 3.94. The molecule has 0 N–H and O–H groups in total. The van der Waals surface area contributed by atoms with Gasteiger partial charge in [0.05, 0.1) is 0 Å². The van der Waals surface area contributed by atoms with Crippen LogP contribution in [0.3, 0.4) is 0 Å². The summed E-state index contributed by atoms with van der Waals surface area (Å²) in [6, 6.07) is 1.53. The molecule has 5 nitrogen and oxygen atoms in total. The molecule has 1 saturated heterocycles. The largest absolute Gasteiger partial charge is 0.358 e. The highest BCUT2D eigenvalue weighted by Gasteiger charge is 2.16. The lowest BCUT2D eigenvalue weighted by Gasteiger charge is -2.20. The highest BCUT2D eigenvalue weighted by molar-refractivity contribution is 5.39. The SMILES string of the molecule is Cn1c(N2CCCC2)cc(=O)n(C)c1=O. The molecule has 1 aliphatic rings. The van der Waals surface area contributed by atoms with Crippen LogP contribution in [0.1, 0.15) is 12.8 Å². The van der Waals surface area contributed by atoms with Crippen molar-refractivity contribution in [1.29, 1.82) is 0 Å². The Labute approximate surface area is 87.6 Å². The fraction of sp³-hybridized carbons (Fsp3) is 0.600. The van der Waals surface area contributed by atoms with Crippen LogP contribution >= 0.6 is 0 Å². The zero-order chi connectivity index (χ0) is 11.0. The van der Waals surface area contributed by atoms with Crippen LogP contribution < -0.4 is 16.1 Å². The summed E-state index contributed by atoms with van der Waals surface area (Å²) in [5, 5.41) is 0. The first kappa shape index (κ1) is 10.0. The van der Waals surface area contributed by atoms with Crippen LogP contribution in [0.5, 0.6) is 0 Å². The van der Waals surface area contributed by atoms with Gasteiger partial charge in [-0.15, -0.1) is 0 Å². The van der Waals surface area contributed by atoms with Crippen molar-refractivity contribution in [2.24, 2.45) is 14.1 Å². The second-order valence-electron chi connectivity index (χ2n) is 3.94. The van der Waals surface area contributed by atoms with E-state index in [2.05, 4.69) is 4.90 Å². The van der Waals surface area contributed by atoms with Crippen molar-refractivity contribution in [2.75, 3.05) is 18.0 Å². The summed E-state index contributed by atoms with van der Waals surface area (Å²) < 4.78 is 2.66. The maximum atomic E-state index is 11.7. The Morgan fingerprint density at radius 3 is 2.27 bits per heavy atom. The first-order valence-electron chi connectivity index (χ1n) is 5.13. The quantitative estimate of drug-likeness (QED) is 0.637. The Bertz CT molecular complexity index is 480. The predicted octanol–water partition coefficient (Wildman–Crippen LogP) is -0.316. The third-order valence-electron chi connectivity index (χ3n) is 2.93. The van der Waals surface area contributed by atoms with Gasteiger partial charge in [-0.1, -0.05) is 0 Å². The average Bonchev–Trinajstić information content (AvgIpc) is 2.73. The smallest absolute Gasteiger partial charge is 0.332 e. The van der Waals surface area contributed by atoms with Crippen LogP contribution in [0.25, 0.3) is 0 Å². The first-order chi connectivity index (χ1) is 7.11. The van der Waals surface area contributed by atoms with Gasteiger partial charge in [0.1, 0.15) is 5.82 Å². The molecule has 0 atom stereocenters. The van der Waals surface area contributed by atoms with Gasteiger partial charge in [-0.05, 0) is 12.8 Å². The van der Waals surface area contributed by atoms with Crippen LogP contribution in [0.15, 0.2) is 15.7 Å². The van der Waals surface area contributed by atoms with Crippen LogP contribution in [0.2, 0.25) is 0 Å². The maximum absolute atomic E-state index is 11.7. The molecular formula is C10H15N3O2. The summed E-state index contributed by atoms with van der Waals surface area (Å²) in [4.78, 5) is 25.2. The summed E-state index contributed by atoms with van der Waals surface area (Å²) >= 11 is 0. The van der Waals surface area contributed by atoms with Gasteiger partial charge >= 0.3 is 5.69 Å². The molecule has 0 amide bonds. The van der Waals surface area contributed by atoms with Crippen LogP contribution in [-0.4, -0.2) is 22.2 Å². The van der Waals surface area contributed by atoms with Gasteiger partial charge < -0.3 is 4.90 Å². The molecule has 1 fully saturated rings. The van der Waals surface area contributed by atoms with Crippen LogP contribution in [0, 0.1) is 0 Å². The van der Waals surface area contributed by atoms with E-state index < -0.39 is 0 Å². The number of rotatable bonds is 1. The maximum Gasteiger partial charge on any atom is 0.332 e. The molecule has 2 rings (SSSR count). The number of aromatic nitrogens is 2. The van der Waals surface area contributed by atoms with E-state index in [1.165, 1.54) is 17.7 Å². The summed E-state index contributed by atoms with van der Waals surface area (Å²) in [5.74, 6) is 0.737. The highest BCUT2D eigenvalue weighted by atomic mass is 16.2. The minimum absolute atomic E-state index is 0.236. The van der Waals surface area contributed by atoms with Gasteiger partial charge in [0.25, 0.3) is 5.56 Å². The highest BCUT2D eigenvalue weighted by Crippen LogP contribution is 2.15. The Kier molecular flexibility index (Phi) is 2.38. The molecule has 5 heteroatoms. The number of hydrogen-bond donors (Lipinski definition) is 0. The van der Waals surface area contributed by atoms with E-state index in [1.807, 2.05) is 0 Å². The van der Waals surface area contributed by atoms with Crippen LogP contribution in [0.4, 0.5) is 5.82 Å². The van der Waals surface area contributed by atoms with Gasteiger partial charge in [0, 0.05) is 33.3 Å². The Hall–Kier alpha value is -1.52. The van der Waals surface area contributed by atoms with Gasteiger partial charge in [0.2, 0.25) is 0 Å². The number of nitrogens with zero attached hydrogens (tertiary/aromatic N) is 3. The molecular weight excluding hydrogens is 194 g/mol. The number of anilines is 1. The topological polar surface area (TPSA) is 47.2 Å². The van der Waals surface area contributed by atoms with E-state index in [0.29, 0.717) is 0 Å². The second kappa shape index (κ2) is 3.56. The summed E-state index contributed by atoms with van der Waals surface area (Å²) in [6.45, 7) is 1.86. The molecule has 0 bridgehead atoms. The fourth-order valence-corrected chi connectivity index (χ4v) is 1.97. The molecule has 0 unspecified atom stereocenters. The van der Waals surface area contributed by atoms with E-state index in [4.69, 9.17) is 0 Å². The average molecular weight is 209 g/mol. The van der Waals surface area contributed by atoms with Crippen molar-refractivity contribution < 1.29 is 0 Å². The molecule has 0 saturated carbocycles. The van der Waals surface area contributed by atoms with Gasteiger partial charge in [-0.25, -0.2) is 4.79 Å². The molecule has 0 spiro atoms. The van der Waals surface area contributed by atoms with E-state index in [0.717, 1.165) is 36.3 Å². The molecule has 0 aliphatic carbocycles. The minimum atomic E-state index is -0.260. The Morgan fingerprint density at radius 2 is 1.67 bits per heavy atom. The first-order valence-corrected chi connectivity index (χ1v) is 5.13. The molecule has 82 valence electrons. The van der Waals surface area contributed by atoms with E-state index in [9.17, 15) is 9.59 Å². The summed E-state index contributed by atoms with van der Waals surface area (Å²) in [6.07, 6.45) is 2.26. The van der Waals surface area contributed by atoms with Gasteiger partial charge in [-0.3, -0.25) is 13.9 Å². The monoisotopic (exact) mass is 209 g/mol. The zero-order valence-corrected chi connectivity index (χ0v) is 9.06. The van der Waals surface area contributed by atoms with E-state index in [-0.39, 0.29) is 11.2 Å². The van der Waals surface area contributed by atoms with Crippen molar-refractivity contribution >= 4 is 5.82 Å². The Balaban J connectivity index is 2.57. The van der Waals surface area contributed by atoms with Gasteiger partial charge in [-0.2, -0.15) is 0 Å². The van der Waals surface area contributed by atoms with Gasteiger partial charge in [0.15, 0.2) is 0 Å². The molecule has 1 aromatic heterocycles. The lowest BCUT2D eigenvalue weighted by atomic mass is 10.4. The van der Waals surface area contributed by atoms with Crippen molar-refractivity contribution in [3.8, 4) is 0 Å². The van der Waals surface area contributed by atoms with Crippen molar-refractivity contribution in [1.82, 2.24) is 9.13 Å². The van der Waals surface area contributed by atoms with Crippen molar-refractivity contribution in [3.63, 3.8) is 0 Å². The number of hydrogen-bond acceptors (Lipinski definition) is 3. The van der Waals surface area contributed by atoms with Crippen LogP contribution in [-0.2, 0) is 14.1 Å². The molecule has 0 radical (unpaired) electrons. The normalized spacial score (nSPS) is 16.0. The zero-order valence-electron chi connectivity index (χ0n) is 9.06. The molecule has 15 heavy (non-hydrogen) atoms. The predicted molar refractivity (Wildman–Crippen MR) is 58.4 cm³/mol. The standard InChI is InChI=1S/C10H15N3O2/c1-11-8(13-5-3-4-6-13)7-9(14)12(2)10(11)15/h7H,3-6H2,1-2H3. The fourth-order valence-electron chi connectivity index (χ4n) is 1.97. The molecule has 1 aliphatic heterocycles. The lowest BCUT2D eigenvalue weighted by molar-refractivity contribution is 0.673. The molecule has 1 aromatic rings.